The van der Waals surface area contributed by atoms with E-state index in [1.165, 1.54) is 11.8 Å². The Balaban J connectivity index is 1.85. The third kappa shape index (κ3) is 4.00. The molecule has 0 spiro atoms. The Morgan fingerprint density at radius 3 is 2.26 bits per heavy atom. The van der Waals surface area contributed by atoms with Gasteiger partial charge in [0.25, 0.3) is 0 Å². The Bertz CT molecular complexity index is 831. The molecule has 0 bridgehead atoms. The number of carbonyl (C=O) groups excluding carboxylic acids is 3. The molecule has 2 aromatic rings. The van der Waals surface area contributed by atoms with Gasteiger partial charge in [0.1, 0.15) is 23.3 Å². The molecule has 0 aromatic heterocycles. The van der Waals surface area contributed by atoms with Crippen LogP contribution in [0.3, 0.4) is 0 Å². The molecular formula is C21H21NO5. The van der Waals surface area contributed by atoms with Crippen molar-refractivity contribution >= 4 is 23.3 Å². The molecule has 2 aromatic carbocycles. The normalized spacial score (nSPS) is 19.0. The average molecular weight is 367 g/mol. The van der Waals surface area contributed by atoms with Gasteiger partial charge < -0.3 is 9.47 Å². The zero-order chi connectivity index (χ0) is 19.4. The van der Waals surface area contributed by atoms with Crippen LogP contribution < -0.4 is 9.64 Å². The second-order valence-corrected chi connectivity index (χ2v) is 6.29. The Hall–Kier alpha value is -3.15. The largest absolute Gasteiger partial charge is 0.464 e. The summed E-state index contributed by atoms with van der Waals surface area (Å²) < 4.78 is 10.8. The number of anilines is 1. The molecule has 6 heteroatoms. The summed E-state index contributed by atoms with van der Waals surface area (Å²) in [6.45, 7) is 3.27. The van der Waals surface area contributed by atoms with E-state index in [0.29, 0.717) is 17.2 Å². The van der Waals surface area contributed by atoms with Crippen molar-refractivity contribution in [2.24, 2.45) is 5.92 Å². The topological polar surface area (TPSA) is 72.9 Å². The molecular weight excluding hydrogens is 346 g/mol. The highest BCUT2D eigenvalue weighted by Crippen LogP contribution is 2.34. The van der Waals surface area contributed by atoms with Crippen LogP contribution in [0.25, 0.3) is 0 Å². The van der Waals surface area contributed by atoms with Crippen molar-refractivity contribution < 1.29 is 23.9 Å². The number of esters is 1. The number of carbonyl (C=O) groups is 3. The Kier molecular flexibility index (Phi) is 5.54. The number of amides is 1. The minimum absolute atomic E-state index is 0.00107. The van der Waals surface area contributed by atoms with Crippen molar-refractivity contribution in [2.75, 3.05) is 11.5 Å². The van der Waals surface area contributed by atoms with Crippen LogP contribution in [0.1, 0.15) is 20.3 Å². The fourth-order valence-corrected chi connectivity index (χ4v) is 3.20. The van der Waals surface area contributed by atoms with Gasteiger partial charge in [0.05, 0.1) is 12.5 Å². The molecule has 1 aliphatic rings. The van der Waals surface area contributed by atoms with Crippen LogP contribution in [0, 0.1) is 5.92 Å². The SMILES string of the molecule is CCOC(=O)C1C(C(C)=O)CC(=O)N1c1ccc(Oc2ccccc2)cc1. The fourth-order valence-electron chi connectivity index (χ4n) is 3.20. The molecule has 1 heterocycles. The molecule has 0 radical (unpaired) electrons. The lowest BCUT2D eigenvalue weighted by molar-refractivity contribution is -0.147. The average Bonchev–Trinajstić information content (AvgIpc) is 3.01. The summed E-state index contributed by atoms with van der Waals surface area (Å²) in [6.07, 6.45) is 0.00107. The molecule has 3 rings (SSSR count). The van der Waals surface area contributed by atoms with Crippen LogP contribution in [0.4, 0.5) is 5.69 Å². The van der Waals surface area contributed by atoms with E-state index in [9.17, 15) is 14.4 Å². The summed E-state index contributed by atoms with van der Waals surface area (Å²) >= 11 is 0. The van der Waals surface area contributed by atoms with E-state index in [2.05, 4.69) is 0 Å². The first-order valence-corrected chi connectivity index (χ1v) is 8.83. The van der Waals surface area contributed by atoms with Crippen LogP contribution in [-0.4, -0.2) is 30.3 Å². The molecule has 2 atom stereocenters. The first-order chi connectivity index (χ1) is 13.0. The van der Waals surface area contributed by atoms with Gasteiger partial charge in [0, 0.05) is 12.1 Å². The van der Waals surface area contributed by atoms with E-state index in [-0.39, 0.29) is 24.7 Å². The maximum Gasteiger partial charge on any atom is 0.330 e. The van der Waals surface area contributed by atoms with Crippen molar-refractivity contribution in [1.82, 2.24) is 0 Å². The first-order valence-electron chi connectivity index (χ1n) is 8.83. The van der Waals surface area contributed by atoms with Gasteiger partial charge in [-0.05, 0) is 50.2 Å². The Morgan fingerprint density at radius 2 is 1.67 bits per heavy atom. The van der Waals surface area contributed by atoms with Gasteiger partial charge in [-0.3, -0.25) is 14.5 Å². The van der Waals surface area contributed by atoms with Gasteiger partial charge in [0.2, 0.25) is 5.91 Å². The van der Waals surface area contributed by atoms with Gasteiger partial charge in [-0.15, -0.1) is 0 Å². The smallest absolute Gasteiger partial charge is 0.330 e. The molecule has 6 nitrogen and oxygen atoms in total. The molecule has 1 amide bonds. The van der Waals surface area contributed by atoms with E-state index in [4.69, 9.17) is 9.47 Å². The predicted octanol–water partition coefficient (Wildman–Crippen LogP) is 3.35. The van der Waals surface area contributed by atoms with Crippen molar-refractivity contribution in [3.05, 3.63) is 54.6 Å². The van der Waals surface area contributed by atoms with E-state index >= 15 is 0 Å². The quantitative estimate of drug-likeness (QED) is 0.732. The van der Waals surface area contributed by atoms with E-state index in [1.807, 2.05) is 30.3 Å². The third-order valence-corrected chi connectivity index (χ3v) is 4.47. The van der Waals surface area contributed by atoms with Gasteiger partial charge >= 0.3 is 5.97 Å². The monoisotopic (exact) mass is 367 g/mol. The fraction of sp³-hybridized carbons (Fsp3) is 0.286. The summed E-state index contributed by atoms with van der Waals surface area (Å²) in [5.41, 5.74) is 0.530. The molecule has 27 heavy (non-hydrogen) atoms. The third-order valence-electron chi connectivity index (χ3n) is 4.47. The maximum atomic E-state index is 12.5. The van der Waals surface area contributed by atoms with Crippen molar-refractivity contribution in [1.29, 1.82) is 0 Å². The zero-order valence-corrected chi connectivity index (χ0v) is 15.3. The highest BCUT2D eigenvalue weighted by molar-refractivity contribution is 6.07. The van der Waals surface area contributed by atoms with Crippen LogP contribution in [0.5, 0.6) is 11.5 Å². The number of nitrogens with zero attached hydrogens (tertiary/aromatic N) is 1. The van der Waals surface area contributed by atoms with Crippen molar-refractivity contribution in [3.8, 4) is 11.5 Å². The molecule has 1 saturated heterocycles. The minimum Gasteiger partial charge on any atom is -0.464 e. The number of para-hydroxylation sites is 1. The van der Waals surface area contributed by atoms with Gasteiger partial charge in [0.15, 0.2) is 0 Å². The predicted molar refractivity (Wildman–Crippen MR) is 99.7 cm³/mol. The minimum atomic E-state index is -0.934. The Morgan fingerprint density at radius 1 is 1.04 bits per heavy atom. The number of rotatable bonds is 6. The Labute approximate surface area is 157 Å². The first kappa shape index (κ1) is 18.6. The van der Waals surface area contributed by atoms with E-state index in [0.717, 1.165) is 0 Å². The van der Waals surface area contributed by atoms with Gasteiger partial charge in [-0.1, -0.05) is 18.2 Å². The highest BCUT2D eigenvalue weighted by Gasteiger charge is 2.47. The summed E-state index contributed by atoms with van der Waals surface area (Å²) in [6, 6.07) is 15.2. The van der Waals surface area contributed by atoms with Crippen molar-refractivity contribution in [3.63, 3.8) is 0 Å². The molecule has 1 aliphatic heterocycles. The lowest BCUT2D eigenvalue weighted by atomic mass is 9.96. The molecule has 140 valence electrons. The zero-order valence-electron chi connectivity index (χ0n) is 15.3. The molecule has 2 unspecified atom stereocenters. The summed E-state index contributed by atoms with van der Waals surface area (Å²) in [7, 11) is 0. The van der Waals surface area contributed by atoms with Crippen LogP contribution in [-0.2, 0) is 19.1 Å². The second kappa shape index (κ2) is 8.03. The second-order valence-electron chi connectivity index (χ2n) is 6.29. The molecule has 0 saturated carbocycles. The summed E-state index contributed by atoms with van der Waals surface area (Å²) in [5.74, 6) is -0.432. The lowest BCUT2D eigenvalue weighted by Crippen LogP contribution is -2.44. The maximum absolute atomic E-state index is 12.5. The lowest BCUT2D eigenvalue weighted by Gasteiger charge is -2.25. The van der Waals surface area contributed by atoms with Crippen molar-refractivity contribution in [2.45, 2.75) is 26.3 Å². The molecule has 0 N–H and O–H groups in total. The number of Topliss-reactive ketones (excluding diaryl/α,β-unsaturated/α-hetero) is 1. The number of benzene rings is 2. The summed E-state index contributed by atoms with van der Waals surface area (Å²) in [5, 5.41) is 0. The number of ketones is 1. The summed E-state index contributed by atoms with van der Waals surface area (Å²) in [4.78, 5) is 38.2. The standard InChI is InChI=1S/C21H21NO5/c1-3-26-21(25)20-18(14(2)23)13-19(24)22(20)15-9-11-17(12-10-15)27-16-7-5-4-6-8-16/h4-12,18,20H,3,13H2,1-2H3. The van der Waals surface area contributed by atoms with Gasteiger partial charge in [-0.25, -0.2) is 4.79 Å². The van der Waals surface area contributed by atoms with Crippen LogP contribution in [0.15, 0.2) is 54.6 Å². The molecule has 1 fully saturated rings. The number of hydrogen-bond acceptors (Lipinski definition) is 5. The van der Waals surface area contributed by atoms with Crippen LogP contribution in [0.2, 0.25) is 0 Å². The van der Waals surface area contributed by atoms with E-state index < -0.39 is 17.9 Å². The van der Waals surface area contributed by atoms with Gasteiger partial charge in [-0.2, -0.15) is 0 Å². The highest BCUT2D eigenvalue weighted by atomic mass is 16.5. The van der Waals surface area contributed by atoms with Crippen LogP contribution >= 0.6 is 0 Å². The number of ether oxygens (including phenoxy) is 2. The number of hydrogen-bond donors (Lipinski definition) is 0. The van der Waals surface area contributed by atoms with E-state index in [1.54, 1.807) is 31.2 Å². The molecule has 0 aliphatic carbocycles.